The van der Waals surface area contributed by atoms with Crippen molar-refractivity contribution in [3.8, 4) is 0 Å². The van der Waals surface area contributed by atoms with Gasteiger partial charge in [-0.2, -0.15) is 0 Å². The fourth-order valence-corrected chi connectivity index (χ4v) is 19.9. The van der Waals surface area contributed by atoms with Crippen LogP contribution in [0.5, 0.6) is 0 Å². The molecule has 20 aromatic rings. The maximum atomic E-state index is 12.4. The van der Waals surface area contributed by atoms with Crippen molar-refractivity contribution in [1.29, 1.82) is 0 Å². The van der Waals surface area contributed by atoms with Gasteiger partial charge < -0.3 is 39.9 Å². The number of carbonyl (C=O) groups is 2. The average Bonchev–Trinajstić information content (AvgIpc) is 1.69. The largest absolute Gasteiger partial charge is 0.342 e. The summed E-state index contributed by atoms with van der Waals surface area (Å²) in [6, 6.07) is 77.7. The molecule has 0 aliphatic rings. The van der Waals surface area contributed by atoms with Gasteiger partial charge in [-0.3, -0.25) is 13.8 Å². The number of hydrogen-bond donors (Lipinski definition) is 8. The highest BCUT2D eigenvalue weighted by Crippen LogP contribution is 2.29. The molecule has 0 aliphatic carbocycles. The first kappa shape index (κ1) is 91.5. The summed E-state index contributed by atoms with van der Waals surface area (Å²) >= 11 is 3.36. The van der Waals surface area contributed by atoms with Gasteiger partial charge in [0.15, 0.2) is 15.6 Å². The number of nitrogens with one attached hydrogen (secondary N) is 8. The van der Waals surface area contributed by atoms with E-state index >= 15 is 0 Å². The van der Waals surface area contributed by atoms with Crippen molar-refractivity contribution in [3.63, 3.8) is 0 Å². The van der Waals surface area contributed by atoms with Gasteiger partial charge in [0.2, 0.25) is 15.6 Å². The van der Waals surface area contributed by atoms with Gasteiger partial charge in [-0.1, -0.05) is 106 Å². The molecule has 0 spiro atoms. The molecule has 24 nitrogen and oxygen atoms in total. The molecule has 9 heterocycles. The molecule has 0 fully saturated rings. The number of H-pyrrole nitrogens is 8. The van der Waals surface area contributed by atoms with Crippen LogP contribution in [0.25, 0.3) is 88.3 Å². The number of benzene rings is 11. The Morgan fingerprint density at radius 2 is 0.717 bits per heavy atom. The third kappa shape index (κ3) is 23.9. The van der Waals surface area contributed by atoms with Crippen molar-refractivity contribution >= 4 is 164 Å². The molecule has 0 bridgehead atoms. The Bertz CT molecular complexity index is 7320. The van der Waals surface area contributed by atoms with Crippen LogP contribution < -0.4 is 0 Å². The quantitative estimate of drug-likeness (QED) is 0.0310. The minimum atomic E-state index is -3.47. The number of aromatic nitrogens is 16. The number of nitrogens with zero attached hydrogens (tertiary/aromatic N) is 8. The van der Waals surface area contributed by atoms with Gasteiger partial charge in [0.1, 0.15) is 46.6 Å². The van der Waals surface area contributed by atoms with Crippen LogP contribution in [-0.4, -0.2) is 134 Å². The van der Waals surface area contributed by atoms with Crippen LogP contribution in [0.3, 0.4) is 0 Å². The maximum Gasteiger partial charge on any atom is 0.206 e. The van der Waals surface area contributed by atoms with E-state index in [1.165, 1.54) is 28.4 Å². The van der Waals surface area contributed by atoms with Gasteiger partial charge in [0, 0.05) is 42.0 Å². The molecule has 2 unspecified atom stereocenters. The Hall–Kier alpha value is -13.2. The Balaban J connectivity index is 0.000000125. The van der Waals surface area contributed by atoms with Crippen LogP contribution in [0, 0.1) is 55.4 Å². The van der Waals surface area contributed by atoms with Gasteiger partial charge in [-0.05, 0) is 256 Å². The second kappa shape index (κ2) is 42.2. The second-order valence-corrected chi connectivity index (χ2v) is 38.8. The van der Waals surface area contributed by atoms with E-state index in [2.05, 4.69) is 105 Å². The molecule has 8 N–H and O–H groups in total. The predicted octanol–water partition coefficient (Wildman–Crippen LogP) is 21.7. The number of hydrogen-bond acceptors (Lipinski definition) is 18. The summed E-state index contributed by atoms with van der Waals surface area (Å²) in [5.74, 6) is 9.18. The number of fused-ring (bicyclic) bond motifs is 8. The van der Waals surface area contributed by atoms with Crippen molar-refractivity contribution in [1.82, 2.24) is 79.7 Å². The fourth-order valence-electron chi connectivity index (χ4n) is 13.6. The lowest BCUT2D eigenvalue weighted by Crippen LogP contribution is -2.05. The van der Waals surface area contributed by atoms with Gasteiger partial charge in [-0.15, -0.1) is 23.1 Å². The minimum Gasteiger partial charge on any atom is -0.342 e. The van der Waals surface area contributed by atoms with Crippen LogP contribution in [0.4, 0.5) is 0 Å². The van der Waals surface area contributed by atoms with Crippen molar-refractivity contribution in [3.05, 3.63) is 328 Å². The third-order valence-electron chi connectivity index (χ3n) is 19.4. The number of aromatic amines is 8. The molecule has 127 heavy (non-hydrogen) atoms. The predicted molar refractivity (Wildman–Crippen MR) is 512 cm³/mol. The molecule has 0 saturated carbocycles. The first-order chi connectivity index (χ1) is 61.2. The zero-order chi connectivity index (χ0) is 89.9. The van der Waals surface area contributed by atoms with E-state index in [1.54, 1.807) is 66.7 Å². The first-order valence-electron chi connectivity index (χ1n) is 41.0. The van der Waals surface area contributed by atoms with Crippen LogP contribution in [0.1, 0.15) is 118 Å². The number of thiophene rings is 1. The van der Waals surface area contributed by atoms with Crippen LogP contribution in [-0.2, 0) is 41.3 Å². The highest BCUT2D eigenvalue weighted by atomic mass is 32.2. The number of aryl methyl sites for hydroxylation is 8. The summed E-state index contributed by atoms with van der Waals surface area (Å²) < 4.78 is 72.7. The molecule has 9 aromatic heterocycles. The highest BCUT2D eigenvalue weighted by molar-refractivity contribution is 7.99. The molecule has 2 atom stereocenters. The molecule has 11 aromatic carbocycles. The van der Waals surface area contributed by atoms with E-state index in [4.69, 9.17) is 0 Å². The van der Waals surface area contributed by atoms with Crippen molar-refractivity contribution in [2.75, 3.05) is 17.3 Å². The number of thioether (sulfide) groups is 1. The van der Waals surface area contributed by atoms with Crippen molar-refractivity contribution in [2.24, 2.45) is 0 Å². The molecule has 20 rings (SSSR count). The molecule has 0 aliphatic heterocycles. The molecule has 30 heteroatoms. The summed E-state index contributed by atoms with van der Waals surface area (Å²) in [6.07, 6.45) is 2.78. The summed E-state index contributed by atoms with van der Waals surface area (Å²) in [5.41, 5.74) is 16.8. The molecular weight excluding hydrogens is 1710 g/mol. The number of para-hydroxylation sites is 2. The van der Waals surface area contributed by atoms with E-state index in [1.807, 2.05) is 256 Å². The zero-order valence-corrected chi connectivity index (χ0v) is 76.8. The molecular formula is C97H96N16O8S6. The molecule has 0 amide bonds. The third-order valence-corrected chi connectivity index (χ3v) is 28.1. The van der Waals surface area contributed by atoms with Crippen molar-refractivity contribution in [2.45, 2.75) is 130 Å². The standard InChI is InChI=1S/C15H12N2O.C14H12N2O2S.C14H12N2OS.C13H10N2OS.C11H14N2O2S.C11H14N2OS.C11H14N2S.C8H8N2/c1-10-16-13-8-7-12(9-14(13)17-10)15(18)11-5-3-2-4-6-11;1-10-15-13-8-7-12(9-14(13)16-10)19(17,18)11-5-3-2-4-6-11;1-10-15-13-8-7-12(9-14(13)16-10)18(17)11-5-3-2-4-6-11;1-8-14-10-5-4-9(7-11(10)15-8)13(16)12-3-2-6-17-12;1-3-6-16(14,15)9-4-5-10-11(7-9)13-8(2)12-10;1-3-6-15(14)9-4-5-10-11(7-9)13-8(2)12-10;1-3-6-14-9-4-5-10-11(7-9)13-8(2)12-10;1-6-9-7-4-2-3-5-8(7)10-6/h2-9H,1H3,(H,16,17);2-9H,1H3,(H,15,16);2-9H,1H3,(H,15,16);2-7H,1H3,(H,14,15);4-5,7H,3,6H2,1-2H3,(H,12,13);4-5,7H,3,6H2,1-2H3,(H,12,13);4-5,7H,3,6H2,1-2H3,(H,12,13);2-5H,1H3,(H,9,10). The number of imidazole rings is 8. The monoisotopic (exact) mass is 1800 g/mol. The fraction of sp³-hybridized carbons (Fsp3) is 0.175. The van der Waals surface area contributed by atoms with Gasteiger partial charge in [0.25, 0.3) is 0 Å². The van der Waals surface area contributed by atoms with Crippen LogP contribution in [0.2, 0.25) is 0 Å². The van der Waals surface area contributed by atoms with E-state index < -0.39 is 41.3 Å². The Morgan fingerprint density at radius 1 is 0.331 bits per heavy atom. The lowest BCUT2D eigenvalue weighted by Gasteiger charge is -2.04. The average molecular weight is 1810 g/mol. The van der Waals surface area contributed by atoms with E-state index in [-0.39, 0.29) is 22.2 Å². The maximum absolute atomic E-state index is 12.4. The number of sulfone groups is 2. The topological polar surface area (TPSA) is 366 Å². The SMILES string of the molecule is CCCS(=O)(=O)c1ccc2nc(C)[nH]c2c1.CCCS(=O)c1ccc2nc(C)[nH]c2c1.CCCSc1ccc2nc(C)[nH]c2c1.Cc1nc2ccc(C(=O)c3ccccc3)cc2[nH]1.Cc1nc2ccc(C(=O)c3cccs3)cc2[nH]1.Cc1nc2ccc(S(=O)(=O)c3ccccc3)cc2[nH]1.Cc1nc2ccc(S(=O)c3ccccc3)cc2[nH]1.Cc1nc2ccccc2[nH]1. The highest BCUT2D eigenvalue weighted by Gasteiger charge is 2.20. The van der Waals surface area contributed by atoms with Crippen molar-refractivity contribution < 1.29 is 34.8 Å². The first-order valence-corrected chi connectivity index (χ1v) is 48.5. The molecule has 0 radical (unpaired) electrons. The summed E-state index contributed by atoms with van der Waals surface area (Å²) in [7, 11) is -8.63. The number of carbonyl (C=O) groups excluding carboxylic acids is 2. The zero-order valence-electron chi connectivity index (χ0n) is 71.9. The van der Waals surface area contributed by atoms with E-state index in [9.17, 15) is 34.8 Å². The van der Waals surface area contributed by atoms with Gasteiger partial charge >= 0.3 is 0 Å². The Labute approximate surface area is 748 Å². The van der Waals surface area contributed by atoms with Gasteiger partial charge in [-0.25, -0.2) is 60.9 Å². The van der Waals surface area contributed by atoms with Crippen LogP contribution >= 0.6 is 23.1 Å². The normalized spacial score (nSPS) is 11.7. The van der Waals surface area contributed by atoms with E-state index in [0.29, 0.717) is 32.9 Å². The second-order valence-electron chi connectivity index (χ2n) is 29.6. The Kier molecular flexibility index (Phi) is 30.4. The summed E-state index contributed by atoms with van der Waals surface area (Å²) in [5, 5.41) is 1.91. The number of ketones is 2. The molecule has 648 valence electrons. The van der Waals surface area contributed by atoms with E-state index in [0.717, 1.165) is 167 Å². The lowest BCUT2D eigenvalue weighted by atomic mass is 10.0. The minimum absolute atomic E-state index is 0.0322. The molecule has 0 saturated heterocycles. The lowest BCUT2D eigenvalue weighted by molar-refractivity contribution is 0.103. The summed E-state index contributed by atoms with van der Waals surface area (Å²) in [4.78, 5) is 89.4. The number of rotatable bonds is 17. The summed E-state index contributed by atoms with van der Waals surface area (Å²) in [6.45, 7) is 21.4. The van der Waals surface area contributed by atoms with Gasteiger partial charge in [0.05, 0.1) is 135 Å². The smallest absolute Gasteiger partial charge is 0.206 e. The Morgan fingerprint density at radius 3 is 1.19 bits per heavy atom. The van der Waals surface area contributed by atoms with Crippen LogP contribution in [0.15, 0.2) is 294 Å².